The van der Waals surface area contributed by atoms with Crippen LogP contribution in [0.1, 0.15) is 51.5 Å². The Labute approximate surface area is 235 Å². The van der Waals surface area contributed by atoms with E-state index in [4.69, 9.17) is 11.6 Å². The predicted molar refractivity (Wildman–Crippen MR) is 156 cm³/mol. The lowest BCUT2D eigenvalue weighted by atomic mass is 9.80. The number of aromatic nitrogens is 2. The Bertz CT molecular complexity index is 1260. The van der Waals surface area contributed by atoms with Gasteiger partial charge in [-0.1, -0.05) is 43.7 Å². The molecular weight excluding hydrogens is 512 g/mol. The lowest BCUT2D eigenvalue weighted by Gasteiger charge is -2.30. The largest absolute Gasteiger partial charge is 0.481 e. The molecule has 1 aromatic heterocycles. The third-order valence-corrected chi connectivity index (χ3v) is 9.51. The zero-order valence-corrected chi connectivity index (χ0v) is 23.6. The number of benzene rings is 1. The van der Waals surface area contributed by atoms with Crippen LogP contribution in [0.5, 0.6) is 0 Å². The summed E-state index contributed by atoms with van der Waals surface area (Å²) >= 11 is 6.47. The monoisotopic (exact) mass is 550 g/mol. The number of aliphatic carboxylic acids is 1. The first-order chi connectivity index (χ1) is 18.8. The number of nitrogens with one attached hydrogen (secondary N) is 2. The van der Waals surface area contributed by atoms with Crippen molar-refractivity contribution in [3.05, 3.63) is 47.1 Å². The molecule has 8 nitrogen and oxygen atoms in total. The molecule has 2 aliphatic carbocycles. The molecule has 3 N–H and O–H groups in total. The van der Waals surface area contributed by atoms with Crippen molar-refractivity contribution in [1.29, 1.82) is 0 Å². The van der Waals surface area contributed by atoms with Crippen LogP contribution in [0.3, 0.4) is 0 Å². The summed E-state index contributed by atoms with van der Waals surface area (Å²) < 4.78 is 0. The van der Waals surface area contributed by atoms with Gasteiger partial charge in [0.05, 0.1) is 12.1 Å². The van der Waals surface area contributed by atoms with Crippen LogP contribution < -0.4 is 15.5 Å². The molecule has 0 amide bonds. The Morgan fingerprint density at radius 1 is 1.13 bits per heavy atom. The molecule has 4 aliphatic rings. The number of carboxylic acid groups (broad SMARTS) is 1. The molecule has 0 radical (unpaired) electrons. The fourth-order valence-electron chi connectivity index (χ4n) is 7.08. The number of rotatable bonds is 8. The quantitative estimate of drug-likeness (QED) is 0.369. The Morgan fingerprint density at radius 2 is 1.92 bits per heavy atom. The normalized spacial score (nSPS) is 27.4. The standard InChI is InChI=1S/C30H39ClN6O2/c1-30(2)10-5-13-37(15-14-36-11-3-4-12-36)24-17-21(8-9-22(24)30)33-29-32-18-23(31)27(35-29)34-26-20-7-6-19(16-20)25(26)28(38)39/h6-9,17-20,25-26H,3-5,10-16H2,1-2H3,(H,38,39)(H2,32,33,34,35)/t19-,20+,25+,26-/m1/s1. The molecule has 39 heavy (non-hydrogen) atoms. The summed E-state index contributed by atoms with van der Waals surface area (Å²) in [5, 5.41) is 16.9. The van der Waals surface area contributed by atoms with Gasteiger partial charge in [0.25, 0.3) is 0 Å². The van der Waals surface area contributed by atoms with Crippen LogP contribution in [0.15, 0.2) is 36.5 Å². The van der Waals surface area contributed by atoms with Gasteiger partial charge in [0.1, 0.15) is 5.02 Å². The van der Waals surface area contributed by atoms with Crippen LogP contribution >= 0.6 is 11.6 Å². The van der Waals surface area contributed by atoms with Crippen LogP contribution in [-0.4, -0.2) is 64.7 Å². The maximum Gasteiger partial charge on any atom is 0.309 e. The molecule has 1 saturated carbocycles. The van der Waals surface area contributed by atoms with Gasteiger partial charge in [0, 0.05) is 37.1 Å². The molecule has 3 heterocycles. The smallest absolute Gasteiger partial charge is 0.309 e. The number of hydrogen-bond donors (Lipinski definition) is 3. The summed E-state index contributed by atoms with van der Waals surface area (Å²) in [6.07, 6.45) is 11.5. The lowest BCUT2D eigenvalue weighted by Crippen LogP contribution is -2.38. The van der Waals surface area contributed by atoms with Crippen LogP contribution in [0.4, 0.5) is 23.1 Å². The summed E-state index contributed by atoms with van der Waals surface area (Å²) in [6, 6.07) is 6.35. The minimum Gasteiger partial charge on any atom is -0.481 e. The summed E-state index contributed by atoms with van der Waals surface area (Å²) in [5.41, 5.74) is 3.71. The predicted octanol–water partition coefficient (Wildman–Crippen LogP) is 5.53. The number of hydrogen-bond acceptors (Lipinski definition) is 7. The molecule has 2 aliphatic heterocycles. The molecule has 2 bridgehead atoms. The fraction of sp³-hybridized carbons (Fsp3) is 0.567. The van der Waals surface area contributed by atoms with E-state index in [1.54, 1.807) is 6.20 Å². The highest BCUT2D eigenvalue weighted by Gasteiger charge is 2.48. The van der Waals surface area contributed by atoms with Gasteiger partial charge in [-0.3, -0.25) is 4.79 Å². The van der Waals surface area contributed by atoms with E-state index < -0.39 is 11.9 Å². The minimum absolute atomic E-state index is 0.0560. The molecule has 6 rings (SSSR count). The van der Waals surface area contributed by atoms with Crippen molar-refractivity contribution in [2.75, 3.05) is 48.3 Å². The Hall–Kier alpha value is -2.84. The first-order valence-electron chi connectivity index (χ1n) is 14.4. The van der Waals surface area contributed by atoms with Crippen molar-refractivity contribution in [2.24, 2.45) is 17.8 Å². The third kappa shape index (κ3) is 5.33. The van der Waals surface area contributed by atoms with E-state index in [0.29, 0.717) is 16.8 Å². The Kier molecular flexibility index (Phi) is 7.18. The van der Waals surface area contributed by atoms with Gasteiger partial charge in [0.2, 0.25) is 5.95 Å². The SMILES string of the molecule is CC1(C)CCCN(CCN2CCCC2)c2cc(Nc3ncc(Cl)c(N[C@H]4[C@@H](C(=O)O)[C@@H]5C=C[C@H]4C5)n3)ccc21. The van der Waals surface area contributed by atoms with Gasteiger partial charge >= 0.3 is 5.97 Å². The topological polar surface area (TPSA) is 93.6 Å². The van der Waals surface area contributed by atoms with Crippen LogP contribution in [0, 0.1) is 17.8 Å². The zero-order chi connectivity index (χ0) is 27.1. The highest BCUT2D eigenvalue weighted by atomic mass is 35.5. The van der Waals surface area contributed by atoms with Crippen LogP contribution in [0.25, 0.3) is 0 Å². The molecule has 4 atom stereocenters. The second kappa shape index (κ2) is 10.6. The van der Waals surface area contributed by atoms with Crippen molar-refractivity contribution in [3.8, 4) is 0 Å². The molecule has 1 saturated heterocycles. The minimum atomic E-state index is -0.782. The van der Waals surface area contributed by atoms with Gasteiger partial charge in [0.15, 0.2) is 5.82 Å². The maximum absolute atomic E-state index is 12.0. The van der Waals surface area contributed by atoms with Gasteiger partial charge < -0.3 is 25.5 Å². The number of allylic oxidation sites excluding steroid dienone is 1. The maximum atomic E-state index is 12.0. The van der Waals surface area contributed by atoms with Crippen molar-refractivity contribution < 1.29 is 9.90 Å². The van der Waals surface area contributed by atoms with E-state index >= 15 is 0 Å². The van der Waals surface area contributed by atoms with E-state index in [-0.39, 0.29) is 23.3 Å². The van der Waals surface area contributed by atoms with Crippen molar-refractivity contribution in [1.82, 2.24) is 14.9 Å². The van der Waals surface area contributed by atoms with E-state index in [1.807, 2.05) is 6.08 Å². The van der Waals surface area contributed by atoms with Gasteiger partial charge in [-0.25, -0.2) is 4.98 Å². The number of fused-ring (bicyclic) bond motifs is 3. The number of nitrogens with zero attached hydrogens (tertiary/aromatic N) is 4. The van der Waals surface area contributed by atoms with Crippen LogP contribution in [0.2, 0.25) is 5.02 Å². The number of halogens is 1. The fourth-order valence-corrected chi connectivity index (χ4v) is 7.23. The number of carbonyl (C=O) groups is 1. The average molecular weight is 551 g/mol. The van der Waals surface area contributed by atoms with Crippen LogP contribution in [-0.2, 0) is 10.2 Å². The highest BCUT2D eigenvalue weighted by molar-refractivity contribution is 6.32. The lowest BCUT2D eigenvalue weighted by molar-refractivity contribution is -0.142. The average Bonchev–Trinajstić information content (AvgIpc) is 3.65. The van der Waals surface area contributed by atoms with Gasteiger partial charge in [-0.2, -0.15) is 4.98 Å². The van der Waals surface area contributed by atoms with E-state index in [9.17, 15) is 9.90 Å². The molecule has 2 aromatic rings. The molecule has 1 aromatic carbocycles. The van der Waals surface area contributed by atoms with E-state index in [0.717, 1.165) is 38.2 Å². The molecule has 0 unspecified atom stereocenters. The summed E-state index contributed by atoms with van der Waals surface area (Å²) in [6.45, 7) is 10.3. The number of likely N-dealkylation sites (tertiary alicyclic amines) is 1. The highest BCUT2D eigenvalue weighted by Crippen LogP contribution is 2.45. The summed E-state index contributed by atoms with van der Waals surface area (Å²) in [7, 11) is 0. The van der Waals surface area contributed by atoms with Gasteiger partial charge in [-0.15, -0.1) is 0 Å². The van der Waals surface area contributed by atoms with E-state index in [1.165, 1.54) is 43.6 Å². The second-order valence-electron chi connectivity index (χ2n) is 12.3. The third-order valence-electron chi connectivity index (χ3n) is 9.23. The number of anilines is 4. The molecule has 9 heteroatoms. The summed E-state index contributed by atoms with van der Waals surface area (Å²) in [4.78, 5) is 26.2. The second-order valence-corrected chi connectivity index (χ2v) is 12.7. The molecular formula is C30H39ClN6O2. The molecule has 208 valence electrons. The van der Waals surface area contributed by atoms with Gasteiger partial charge in [-0.05, 0) is 80.1 Å². The van der Waals surface area contributed by atoms with Crippen molar-refractivity contribution >= 4 is 40.7 Å². The Balaban J connectivity index is 1.23. The summed E-state index contributed by atoms with van der Waals surface area (Å²) in [5.74, 6) is -0.145. The van der Waals surface area contributed by atoms with Crippen molar-refractivity contribution in [3.63, 3.8) is 0 Å². The first kappa shape index (κ1) is 26.4. The zero-order valence-electron chi connectivity index (χ0n) is 22.9. The number of carboxylic acids is 1. The Morgan fingerprint density at radius 3 is 2.72 bits per heavy atom. The molecule has 0 spiro atoms. The molecule has 2 fully saturated rings. The first-order valence-corrected chi connectivity index (χ1v) is 14.8. The van der Waals surface area contributed by atoms with Crippen molar-refractivity contribution in [2.45, 2.75) is 57.4 Å². The van der Waals surface area contributed by atoms with E-state index in [2.05, 4.69) is 68.5 Å².